The van der Waals surface area contributed by atoms with E-state index in [9.17, 15) is 29.8 Å². The summed E-state index contributed by atoms with van der Waals surface area (Å²) in [6, 6.07) is 24.1. The zero-order valence-electron chi connectivity index (χ0n) is 24.9. The number of ether oxygens (including phenoxy) is 2. The molecule has 0 saturated heterocycles. The summed E-state index contributed by atoms with van der Waals surface area (Å²) in [5.41, 5.74) is 2.69. The van der Waals surface area contributed by atoms with Crippen molar-refractivity contribution in [1.29, 1.82) is 0 Å². The summed E-state index contributed by atoms with van der Waals surface area (Å²) in [6.45, 7) is 1.85. The number of hydrogen-bond acceptors (Lipinski definition) is 10. The van der Waals surface area contributed by atoms with Crippen molar-refractivity contribution in [2.75, 3.05) is 11.9 Å². The molecule has 1 fully saturated rings. The third-order valence-corrected chi connectivity index (χ3v) is 10.6. The van der Waals surface area contributed by atoms with Gasteiger partial charge in [0.1, 0.15) is 11.3 Å². The Morgan fingerprint density at radius 2 is 1.66 bits per heavy atom. The van der Waals surface area contributed by atoms with E-state index in [1.165, 1.54) is 42.1 Å². The fourth-order valence-corrected chi connectivity index (χ4v) is 8.28. The van der Waals surface area contributed by atoms with Gasteiger partial charge in [-0.15, -0.1) is 23.4 Å². The summed E-state index contributed by atoms with van der Waals surface area (Å²) in [5, 5.41) is 25.9. The molecule has 1 N–H and O–H groups in total. The van der Waals surface area contributed by atoms with Gasteiger partial charge in [-0.25, -0.2) is 9.59 Å². The fourth-order valence-electron chi connectivity index (χ4n) is 6.34. The molecule has 5 atom stereocenters. The minimum Gasteiger partial charge on any atom is -0.462 e. The first-order valence-corrected chi connectivity index (χ1v) is 16.1. The normalized spacial score (nSPS) is 21.1. The van der Waals surface area contributed by atoms with Crippen LogP contribution in [0.2, 0.25) is 0 Å². The highest BCUT2D eigenvalue weighted by atomic mass is 35.5. The van der Waals surface area contributed by atoms with Crippen molar-refractivity contribution in [2.24, 2.45) is 5.92 Å². The molecule has 47 heavy (non-hydrogen) atoms. The summed E-state index contributed by atoms with van der Waals surface area (Å²) < 4.78 is 10.8. The van der Waals surface area contributed by atoms with Crippen molar-refractivity contribution in [2.45, 2.75) is 40.8 Å². The number of rotatable bonds is 9. The van der Waals surface area contributed by atoms with Crippen LogP contribution in [0.5, 0.6) is 5.75 Å². The zero-order chi connectivity index (χ0) is 33.2. The number of esters is 2. The van der Waals surface area contributed by atoms with E-state index in [1.54, 1.807) is 67.6 Å². The van der Waals surface area contributed by atoms with Crippen molar-refractivity contribution in [1.82, 2.24) is 0 Å². The van der Waals surface area contributed by atoms with E-state index in [-0.39, 0.29) is 58.0 Å². The van der Waals surface area contributed by atoms with Crippen LogP contribution in [0.1, 0.15) is 57.1 Å². The van der Waals surface area contributed by atoms with Gasteiger partial charge < -0.3 is 14.8 Å². The molecule has 6 rings (SSSR count). The molecular formula is C34H28ClN3O8S. The van der Waals surface area contributed by atoms with Gasteiger partial charge in [-0.3, -0.25) is 20.2 Å². The van der Waals surface area contributed by atoms with Gasteiger partial charge in [0.15, 0.2) is 0 Å². The summed E-state index contributed by atoms with van der Waals surface area (Å²) in [5.74, 6) is -1.62. The standard InChI is InChI=1S/C34H28ClN3O8S/c1-2-45-34(40)22-7-3-5-9-27(22)46-33(39)20-13-16-25-23(17-20)30-24(32(36-25)19-11-14-21(15-12-19)37(41)42)18-29(31(30)35)47-28-10-6-4-8-26(28)38(43)44/h3-17,24,29-32,36H,2,18H2,1H3/t24-,29+,30-,31+,32+/m1/s1. The van der Waals surface area contributed by atoms with Crippen LogP contribution in [0.25, 0.3) is 0 Å². The lowest BCUT2D eigenvalue weighted by Gasteiger charge is -2.38. The molecule has 1 aliphatic carbocycles. The quantitative estimate of drug-likeness (QED) is 0.0609. The van der Waals surface area contributed by atoms with Crippen LogP contribution in [0.3, 0.4) is 0 Å². The van der Waals surface area contributed by atoms with Gasteiger partial charge in [0.2, 0.25) is 0 Å². The second-order valence-corrected chi connectivity index (χ2v) is 12.9. The van der Waals surface area contributed by atoms with Gasteiger partial charge in [-0.1, -0.05) is 36.4 Å². The predicted molar refractivity (Wildman–Crippen MR) is 176 cm³/mol. The Labute approximate surface area is 278 Å². The third kappa shape index (κ3) is 6.38. The lowest BCUT2D eigenvalue weighted by atomic mass is 9.77. The van der Waals surface area contributed by atoms with Gasteiger partial charge in [0.25, 0.3) is 11.4 Å². The van der Waals surface area contributed by atoms with Crippen LogP contribution in [0.15, 0.2) is 95.9 Å². The van der Waals surface area contributed by atoms with Gasteiger partial charge in [0.05, 0.1) is 38.3 Å². The van der Waals surface area contributed by atoms with Gasteiger partial charge in [-0.2, -0.15) is 0 Å². The Balaban J connectivity index is 1.35. The molecule has 13 heteroatoms. The van der Waals surface area contributed by atoms with E-state index in [0.29, 0.717) is 11.3 Å². The van der Waals surface area contributed by atoms with Crippen LogP contribution in [-0.2, 0) is 4.74 Å². The number of carbonyl (C=O) groups is 2. The molecule has 240 valence electrons. The molecule has 4 aromatic carbocycles. The van der Waals surface area contributed by atoms with E-state index in [4.69, 9.17) is 21.1 Å². The van der Waals surface area contributed by atoms with E-state index in [1.807, 2.05) is 0 Å². The monoisotopic (exact) mass is 673 g/mol. The van der Waals surface area contributed by atoms with Crippen molar-refractivity contribution in [3.05, 3.63) is 133 Å². The lowest BCUT2D eigenvalue weighted by molar-refractivity contribution is -0.387. The van der Waals surface area contributed by atoms with E-state index in [2.05, 4.69) is 5.32 Å². The Kier molecular flexibility index (Phi) is 9.15. The number of anilines is 1. The molecule has 11 nitrogen and oxygen atoms in total. The maximum absolute atomic E-state index is 13.4. The number of benzene rings is 4. The minimum absolute atomic E-state index is 0.00480. The maximum Gasteiger partial charge on any atom is 0.343 e. The van der Waals surface area contributed by atoms with Gasteiger partial charge in [-0.05, 0) is 66.8 Å². The number of non-ortho nitro benzene ring substituents is 1. The topological polar surface area (TPSA) is 151 Å². The smallest absolute Gasteiger partial charge is 0.343 e. The number of nitro groups is 2. The number of halogens is 1. The van der Waals surface area contributed by atoms with Crippen LogP contribution >= 0.6 is 23.4 Å². The zero-order valence-corrected chi connectivity index (χ0v) is 26.5. The number of nitrogens with one attached hydrogen (secondary N) is 1. The molecule has 4 aromatic rings. The summed E-state index contributed by atoms with van der Waals surface area (Å²) >= 11 is 8.61. The number of para-hydroxylation sites is 2. The van der Waals surface area contributed by atoms with E-state index < -0.39 is 27.2 Å². The van der Waals surface area contributed by atoms with Crippen LogP contribution in [-0.4, -0.2) is 39.0 Å². The number of nitro benzene ring substituents is 2. The molecule has 1 heterocycles. The van der Waals surface area contributed by atoms with Crippen molar-refractivity contribution in [3.8, 4) is 5.75 Å². The molecule has 0 spiro atoms. The molecule has 2 aliphatic rings. The third-order valence-electron chi connectivity index (χ3n) is 8.44. The number of alkyl halides is 1. The first kappa shape index (κ1) is 32.0. The minimum atomic E-state index is -0.673. The Hall–Kier alpha value is -4.94. The highest BCUT2D eigenvalue weighted by Crippen LogP contribution is 2.58. The predicted octanol–water partition coefficient (Wildman–Crippen LogP) is 7.94. The summed E-state index contributed by atoms with van der Waals surface area (Å²) in [7, 11) is 0. The second-order valence-electron chi connectivity index (χ2n) is 11.1. The summed E-state index contributed by atoms with van der Waals surface area (Å²) in [4.78, 5) is 48.6. The van der Waals surface area contributed by atoms with Gasteiger partial charge in [0, 0.05) is 35.1 Å². The molecule has 1 aliphatic heterocycles. The first-order valence-electron chi connectivity index (χ1n) is 14.8. The SMILES string of the molecule is CCOC(=O)c1ccccc1OC(=O)c1ccc2c(c1)[C@H]1[C@@H](Cl)[C@@H](Sc3ccccc3[N+](=O)[O-])C[C@H]1[C@H](c1ccc([N+](=O)[O-])cc1)N2. The summed E-state index contributed by atoms with van der Waals surface area (Å²) in [6.07, 6.45) is 0.575. The van der Waals surface area contributed by atoms with Crippen LogP contribution < -0.4 is 10.1 Å². The average molecular weight is 674 g/mol. The highest BCUT2D eigenvalue weighted by Gasteiger charge is 2.50. The van der Waals surface area contributed by atoms with Crippen molar-refractivity contribution in [3.63, 3.8) is 0 Å². The molecule has 0 amide bonds. The second kappa shape index (κ2) is 13.4. The number of nitrogens with zero attached hydrogens (tertiary/aromatic N) is 2. The number of thioether (sulfide) groups is 1. The van der Waals surface area contributed by atoms with Crippen molar-refractivity contribution < 1.29 is 28.9 Å². The van der Waals surface area contributed by atoms with Gasteiger partial charge >= 0.3 is 11.9 Å². The first-order chi connectivity index (χ1) is 22.7. The fraction of sp³-hybridized carbons (Fsp3) is 0.235. The van der Waals surface area contributed by atoms with Crippen LogP contribution in [0.4, 0.5) is 17.1 Å². The molecular weight excluding hydrogens is 646 g/mol. The molecule has 1 saturated carbocycles. The molecule has 0 radical (unpaired) electrons. The average Bonchev–Trinajstić information content (AvgIpc) is 3.40. The number of carbonyl (C=O) groups excluding carboxylic acids is 2. The molecule has 0 unspecified atom stereocenters. The number of hydrogen-bond donors (Lipinski definition) is 1. The maximum atomic E-state index is 13.4. The van der Waals surface area contributed by atoms with Crippen molar-refractivity contribution >= 4 is 52.4 Å². The Morgan fingerprint density at radius 3 is 2.38 bits per heavy atom. The largest absolute Gasteiger partial charge is 0.462 e. The molecule has 0 aromatic heterocycles. The molecule has 0 bridgehead atoms. The Bertz CT molecular complexity index is 1870. The lowest BCUT2D eigenvalue weighted by Crippen LogP contribution is -2.31. The highest BCUT2D eigenvalue weighted by molar-refractivity contribution is 8.00. The van der Waals surface area contributed by atoms with Crippen LogP contribution in [0, 0.1) is 26.1 Å². The number of fused-ring (bicyclic) bond motifs is 3. The van der Waals surface area contributed by atoms with E-state index in [0.717, 1.165) is 16.8 Å². The Morgan fingerprint density at radius 1 is 0.936 bits per heavy atom. The van der Waals surface area contributed by atoms with E-state index >= 15 is 0 Å².